The fraction of sp³-hybridized carbons (Fsp3) is 0.292. The number of benzene rings is 2. The third kappa shape index (κ3) is 4.50. The molecule has 0 spiro atoms. The molecular formula is C24H25N3O5. The van der Waals surface area contributed by atoms with Crippen molar-refractivity contribution in [1.29, 1.82) is 0 Å². The van der Waals surface area contributed by atoms with Gasteiger partial charge < -0.3 is 28.8 Å². The quantitative estimate of drug-likeness (QED) is 0.524. The number of hydrogen-bond acceptors (Lipinski definition) is 6. The van der Waals surface area contributed by atoms with Gasteiger partial charge in [0.05, 0.1) is 44.3 Å². The van der Waals surface area contributed by atoms with Gasteiger partial charge in [0.25, 0.3) is 0 Å². The van der Waals surface area contributed by atoms with Crippen molar-refractivity contribution in [2.24, 2.45) is 0 Å². The van der Waals surface area contributed by atoms with Crippen LogP contribution in [-0.4, -0.2) is 41.8 Å². The van der Waals surface area contributed by atoms with Crippen LogP contribution < -0.4 is 14.7 Å². The van der Waals surface area contributed by atoms with Crippen molar-refractivity contribution < 1.29 is 29.1 Å². The Morgan fingerprint density at radius 1 is 1.09 bits per heavy atom. The fourth-order valence-corrected chi connectivity index (χ4v) is 4.16. The number of aromatic nitrogens is 2. The standard InChI is InChI=1S/C24H25N3O5/c1-31-19-9-5-17(6-10-19)13-27-15-25-20-11-21(24(30)32-2)26(14-22(20)27)12-16-3-7-18(8-4-16)23(28)29/h3-10,15,21H,11-14H2,1-2H3,(H,28,29)/t21-/m0/s1. The third-order valence-electron chi connectivity index (χ3n) is 5.94. The minimum absolute atomic E-state index is 0.131. The molecule has 0 fully saturated rings. The summed E-state index contributed by atoms with van der Waals surface area (Å²) in [6, 6.07) is 14.1. The average molecular weight is 435 g/mol. The van der Waals surface area contributed by atoms with E-state index in [-0.39, 0.29) is 17.6 Å². The minimum atomic E-state index is -1.21. The average Bonchev–Trinajstić information content (AvgIpc) is 3.20. The van der Waals surface area contributed by atoms with Crippen LogP contribution in [0.5, 0.6) is 5.75 Å². The molecule has 0 saturated heterocycles. The maximum absolute atomic E-state index is 12.5. The highest BCUT2D eigenvalue weighted by Gasteiger charge is 2.38. The number of methoxy groups -OCH3 is 2. The number of ether oxygens (including phenoxy) is 2. The molecule has 1 N–H and O–H groups in total. The Morgan fingerprint density at radius 2 is 1.78 bits per heavy atom. The van der Waals surface area contributed by atoms with Crippen molar-refractivity contribution in [3.63, 3.8) is 0 Å². The third-order valence-corrected chi connectivity index (χ3v) is 5.94. The van der Waals surface area contributed by atoms with Crippen LogP contribution in [-0.2, 0) is 35.6 Å². The minimum Gasteiger partial charge on any atom is -0.545 e. The number of carboxylic acids is 1. The zero-order valence-electron chi connectivity index (χ0n) is 18.0. The maximum Gasteiger partial charge on any atom is 0.365 e. The number of carbonyl (C=O) groups is 2. The molecule has 0 saturated carbocycles. The lowest BCUT2D eigenvalue weighted by atomic mass is 10.0. The summed E-state index contributed by atoms with van der Waals surface area (Å²) in [5.41, 5.74) is 4.18. The number of hydrogen-bond donors (Lipinski definition) is 1. The largest absolute Gasteiger partial charge is 0.545 e. The number of nitrogens with one attached hydrogen (secondary N) is 1. The Bertz CT molecular complexity index is 1110. The van der Waals surface area contributed by atoms with Crippen LogP contribution in [0.2, 0.25) is 0 Å². The molecule has 0 bridgehead atoms. The van der Waals surface area contributed by atoms with Crippen molar-refractivity contribution >= 4 is 11.9 Å². The molecular weight excluding hydrogens is 410 g/mol. The highest BCUT2D eigenvalue weighted by Crippen LogP contribution is 2.18. The zero-order chi connectivity index (χ0) is 22.7. The lowest BCUT2D eigenvalue weighted by Crippen LogP contribution is -3.15. The van der Waals surface area contributed by atoms with Crippen molar-refractivity contribution in [1.82, 2.24) is 9.55 Å². The summed E-state index contributed by atoms with van der Waals surface area (Å²) in [5, 5.41) is 11.0. The normalized spacial score (nSPS) is 17.4. The Balaban J connectivity index is 1.57. The van der Waals surface area contributed by atoms with E-state index in [1.807, 2.05) is 30.6 Å². The van der Waals surface area contributed by atoms with E-state index in [0.717, 1.165) is 33.2 Å². The van der Waals surface area contributed by atoms with Crippen molar-refractivity contribution in [3.8, 4) is 5.75 Å². The van der Waals surface area contributed by atoms with E-state index in [2.05, 4.69) is 9.55 Å². The zero-order valence-corrected chi connectivity index (χ0v) is 18.0. The number of fused-ring (bicyclic) bond motifs is 1. The number of aromatic carboxylic acids is 1. The second-order valence-electron chi connectivity index (χ2n) is 7.89. The summed E-state index contributed by atoms with van der Waals surface area (Å²) < 4.78 is 12.4. The number of esters is 1. The summed E-state index contributed by atoms with van der Waals surface area (Å²) >= 11 is 0. The van der Waals surface area contributed by atoms with Crippen molar-refractivity contribution in [3.05, 3.63) is 82.9 Å². The molecule has 0 amide bonds. The number of quaternary nitrogens is 1. The topological polar surface area (TPSA) is 97.9 Å². The lowest BCUT2D eigenvalue weighted by Gasteiger charge is -2.31. The molecule has 1 unspecified atom stereocenters. The van der Waals surface area contributed by atoms with Crippen LogP contribution in [0, 0.1) is 0 Å². The molecule has 32 heavy (non-hydrogen) atoms. The molecule has 3 aromatic rings. The molecule has 1 aliphatic heterocycles. The molecule has 4 rings (SSSR count). The summed E-state index contributed by atoms with van der Waals surface area (Å²) in [7, 11) is 3.04. The van der Waals surface area contributed by atoms with Gasteiger partial charge in [0.1, 0.15) is 18.8 Å². The van der Waals surface area contributed by atoms with Crippen LogP contribution in [0.25, 0.3) is 0 Å². The molecule has 1 aromatic heterocycles. The van der Waals surface area contributed by atoms with Crippen molar-refractivity contribution in [2.75, 3.05) is 14.2 Å². The second kappa shape index (κ2) is 9.23. The van der Waals surface area contributed by atoms with Crippen LogP contribution in [0.1, 0.15) is 32.9 Å². The van der Waals surface area contributed by atoms with Gasteiger partial charge in [-0.15, -0.1) is 0 Å². The predicted octanol–water partition coefficient (Wildman–Crippen LogP) is -0.0137. The Kier molecular flexibility index (Phi) is 6.23. The van der Waals surface area contributed by atoms with E-state index < -0.39 is 5.97 Å². The van der Waals surface area contributed by atoms with Crippen molar-refractivity contribution in [2.45, 2.75) is 32.1 Å². The van der Waals surface area contributed by atoms with Gasteiger partial charge in [-0.05, 0) is 23.3 Å². The summed E-state index contributed by atoms with van der Waals surface area (Å²) in [5.74, 6) is -0.675. The number of carboxylic acid groups (broad SMARTS) is 1. The van der Waals surface area contributed by atoms with E-state index in [1.54, 1.807) is 19.2 Å². The van der Waals surface area contributed by atoms with Gasteiger partial charge in [-0.1, -0.05) is 36.4 Å². The molecule has 0 aliphatic carbocycles. The number of rotatable bonds is 7. The first-order valence-corrected chi connectivity index (χ1v) is 10.4. The first-order chi connectivity index (χ1) is 15.5. The van der Waals surface area contributed by atoms with Gasteiger partial charge >= 0.3 is 5.97 Å². The molecule has 8 nitrogen and oxygen atoms in total. The monoisotopic (exact) mass is 435 g/mol. The molecule has 2 atom stereocenters. The van der Waals surface area contributed by atoms with Gasteiger partial charge in [-0.3, -0.25) is 0 Å². The molecule has 2 aromatic carbocycles. The van der Waals surface area contributed by atoms with Crippen LogP contribution >= 0.6 is 0 Å². The molecule has 8 heteroatoms. The molecule has 166 valence electrons. The molecule has 1 aliphatic rings. The van der Waals surface area contributed by atoms with E-state index in [4.69, 9.17) is 9.47 Å². The first-order valence-electron chi connectivity index (χ1n) is 10.4. The van der Waals surface area contributed by atoms with Crippen LogP contribution in [0.3, 0.4) is 0 Å². The lowest BCUT2D eigenvalue weighted by molar-refractivity contribution is -0.946. The van der Waals surface area contributed by atoms with Gasteiger partial charge in [0.2, 0.25) is 0 Å². The van der Waals surface area contributed by atoms with Gasteiger partial charge in [0.15, 0.2) is 6.04 Å². The van der Waals surface area contributed by atoms with E-state index in [1.165, 1.54) is 19.2 Å². The molecule has 2 heterocycles. The highest BCUT2D eigenvalue weighted by molar-refractivity contribution is 5.85. The Labute approximate surface area is 186 Å². The maximum atomic E-state index is 12.5. The summed E-state index contributed by atoms with van der Waals surface area (Å²) in [6.45, 7) is 1.83. The van der Waals surface area contributed by atoms with Crippen LogP contribution in [0.15, 0.2) is 54.9 Å². The number of nitrogens with zero attached hydrogens (tertiary/aromatic N) is 2. The first kappa shape index (κ1) is 21.6. The molecule has 0 radical (unpaired) electrons. The SMILES string of the molecule is COC(=O)[C@@H]1Cc2ncn(Cc3ccc(OC)cc3)c2C[NH+]1Cc1ccc(C(=O)[O-])cc1. The summed E-state index contributed by atoms with van der Waals surface area (Å²) in [6.07, 6.45) is 2.31. The van der Waals surface area contributed by atoms with Gasteiger partial charge in [-0.2, -0.15) is 0 Å². The van der Waals surface area contributed by atoms with E-state index in [0.29, 0.717) is 26.1 Å². The second-order valence-corrected chi connectivity index (χ2v) is 7.89. The smallest absolute Gasteiger partial charge is 0.365 e. The van der Waals surface area contributed by atoms with E-state index >= 15 is 0 Å². The highest BCUT2D eigenvalue weighted by atomic mass is 16.5. The number of imidazole rings is 1. The summed E-state index contributed by atoms with van der Waals surface area (Å²) in [4.78, 5) is 29.1. The Hall–Kier alpha value is -3.65. The van der Waals surface area contributed by atoms with Crippen LogP contribution in [0.4, 0.5) is 0 Å². The Morgan fingerprint density at radius 3 is 2.41 bits per heavy atom. The van der Waals surface area contributed by atoms with Gasteiger partial charge in [0, 0.05) is 12.1 Å². The van der Waals surface area contributed by atoms with E-state index in [9.17, 15) is 14.7 Å². The predicted molar refractivity (Wildman–Crippen MR) is 113 cm³/mol. The van der Waals surface area contributed by atoms with Gasteiger partial charge in [-0.25, -0.2) is 9.78 Å². The number of carbonyl (C=O) groups excluding carboxylic acids is 2. The fourth-order valence-electron chi connectivity index (χ4n) is 4.16.